The Morgan fingerprint density at radius 1 is 1.40 bits per heavy atom. The molecule has 1 aromatic carbocycles. The van der Waals surface area contributed by atoms with Crippen LogP contribution >= 0.6 is 0 Å². The zero-order chi connectivity index (χ0) is 14.3. The maximum atomic E-state index is 6.42. The minimum atomic E-state index is -0.0522. The zero-order valence-electron chi connectivity index (χ0n) is 12.8. The Morgan fingerprint density at radius 3 is 2.80 bits per heavy atom. The van der Waals surface area contributed by atoms with Crippen LogP contribution in [0.1, 0.15) is 31.4 Å². The van der Waals surface area contributed by atoms with E-state index in [-0.39, 0.29) is 5.60 Å². The van der Waals surface area contributed by atoms with Crippen molar-refractivity contribution in [1.29, 1.82) is 0 Å². The summed E-state index contributed by atoms with van der Waals surface area (Å²) in [5.74, 6) is 1.89. The summed E-state index contributed by atoms with van der Waals surface area (Å²) in [7, 11) is 5.91. The van der Waals surface area contributed by atoms with Crippen molar-refractivity contribution >= 4 is 0 Å². The van der Waals surface area contributed by atoms with E-state index < -0.39 is 0 Å². The van der Waals surface area contributed by atoms with Gasteiger partial charge in [-0.1, -0.05) is 0 Å². The van der Waals surface area contributed by atoms with Crippen LogP contribution in [-0.2, 0) is 0 Å². The first-order chi connectivity index (χ1) is 9.57. The second-order valence-corrected chi connectivity index (χ2v) is 6.20. The van der Waals surface area contributed by atoms with Crippen LogP contribution in [0.5, 0.6) is 11.5 Å². The van der Waals surface area contributed by atoms with Gasteiger partial charge in [-0.05, 0) is 39.2 Å². The maximum Gasteiger partial charge on any atom is 0.125 e. The van der Waals surface area contributed by atoms with Crippen LogP contribution < -0.4 is 14.8 Å². The minimum absolute atomic E-state index is 0.0522. The van der Waals surface area contributed by atoms with Crippen molar-refractivity contribution in [2.45, 2.75) is 37.5 Å². The fraction of sp³-hybridized carbons (Fsp3) is 0.625. The molecule has 1 aromatic rings. The predicted molar refractivity (Wildman–Crippen MR) is 79.5 cm³/mol. The fourth-order valence-corrected chi connectivity index (χ4v) is 3.62. The zero-order valence-corrected chi connectivity index (χ0v) is 12.8. The Bertz CT molecular complexity index is 493. The summed E-state index contributed by atoms with van der Waals surface area (Å²) in [5.41, 5.74) is 1.16. The summed E-state index contributed by atoms with van der Waals surface area (Å²) < 4.78 is 11.7. The van der Waals surface area contributed by atoms with Crippen molar-refractivity contribution in [3.8, 4) is 11.5 Å². The molecule has 110 valence electrons. The molecular weight excluding hydrogens is 252 g/mol. The molecule has 4 heteroatoms. The van der Waals surface area contributed by atoms with Gasteiger partial charge in [0.2, 0.25) is 0 Å². The summed E-state index contributed by atoms with van der Waals surface area (Å²) in [5, 5.41) is 3.44. The van der Waals surface area contributed by atoms with Crippen LogP contribution in [0.2, 0.25) is 0 Å². The van der Waals surface area contributed by atoms with Crippen LogP contribution in [-0.4, -0.2) is 44.3 Å². The smallest absolute Gasteiger partial charge is 0.125 e. The summed E-state index contributed by atoms with van der Waals surface area (Å²) in [6.07, 6.45) is 2.10. The molecule has 3 atom stereocenters. The normalized spacial score (nSPS) is 33.0. The monoisotopic (exact) mass is 276 g/mol. The number of ether oxygens (including phenoxy) is 2. The van der Waals surface area contributed by atoms with Gasteiger partial charge in [0.1, 0.15) is 17.1 Å². The van der Waals surface area contributed by atoms with E-state index in [2.05, 4.69) is 30.3 Å². The average molecular weight is 276 g/mol. The highest BCUT2D eigenvalue weighted by Gasteiger charge is 2.47. The highest BCUT2D eigenvalue weighted by Crippen LogP contribution is 2.45. The highest BCUT2D eigenvalue weighted by atomic mass is 16.5. The first kappa shape index (κ1) is 13.7. The summed E-state index contributed by atoms with van der Waals surface area (Å²) in [6.45, 7) is 3.27. The van der Waals surface area contributed by atoms with Crippen LogP contribution in [0.3, 0.4) is 0 Å². The average Bonchev–Trinajstić information content (AvgIpc) is 2.71. The number of benzene rings is 1. The van der Waals surface area contributed by atoms with Crippen molar-refractivity contribution < 1.29 is 9.47 Å². The Balaban J connectivity index is 1.95. The molecule has 1 N–H and O–H groups in total. The van der Waals surface area contributed by atoms with Gasteiger partial charge in [-0.2, -0.15) is 0 Å². The van der Waals surface area contributed by atoms with Gasteiger partial charge >= 0.3 is 0 Å². The van der Waals surface area contributed by atoms with Crippen LogP contribution in [0.15, 0.2) is 18.2 Å². The Labute approximate surface area is 121 Å². The second-order valence-electron chi connectivity index (χ2n) is 6.20. The summed E-state index contributed by atoms with van der Waals surface area (Å²) in [6, 6.07) is 7.01. The molecule has 3 unspecified atom stereocenters. The summed E-state index contributed by atoms with van der Waals surface area (Å²) in [4.78, 5) is 2.39. The molecule has 0 aliphatic carbocycles. The van der Waals surface area contributed by atoms with Crippen LogP contribution in [0, 0.1) is 0 Å². The predicted octanol–water partition coefficient (Wildman–Crippen LogP) is 2.20. The van der Waals surface area contributed by atoms with Crippen LogP contribution in [0.4, 0.5) is 0 Å². The molecule has 3 rings (SSSR count). The number of hydrogen-bond donors (Lipinski definition) is 1. The molecule has 0 aromatic heterocycles. The van der Waals surface area contributed by atoms with E-state index in [9.17, 15) is 0 Å². The molecule has 1 fully saturated rings. The second kappa shape index (κ2) is 4.93. The van der Waals surface area contributed by atoms with Gasteiger partial charge in [0.15, 0.2) is 0 Å². The Morgan fingerprint density at radius 2 is 2.20 bits per heavy atom. The third-order valence-electron chi connectivity index (χ3n) is 4.80. The molecule has 0 radical (unpaired) electrons. The number of hydrogen-bond acceptors (Lipinski definition) is 4. The lowest BCUT2D eigenvalue weighted by atomic mass is 9.85. The van der Waals surface area contributed by atoms with E-state index in [4.69, 9.17) is 9.47 Å². The summed E-state index contributed by atoms with van der Waals surface area (Å²) >= 11 is 0. The van der Waals surface area contributed by atoms with Gasteiger partial charge in [0, 0.05) is 37.0 Å². The maximum absolute atomic E-state index is 6.42. The number of methoxy groups -OCH3 is 1. The van der Waals surface area contributed by atoms with E-state index >= 15 is 0 Å². The number of likely N-dealkylation sites (N-methyl/N-ethyl adjacent to an activating group) is 1. The van der Waals surface area contributed by atoms with E-state index in [0.717, 1.165) is 30.9 Å². The van der Waals surface area contributed by atoms with Crippen molar-refractivity contribution in [1.82, 2.24) is 10.2 Å². The molecule has 2 aliphatic heterocycles. The molecule has 1 saturated heterocycles. The quantitative estimate of drug-likeness (QED) is 0.898. The number of rotatable bonds is 2. The van der Waals surface area contributed by atoms with Crippen molar-refractivity contribution in [3.63, 3.8) is 0 Å². The first-order valence-electron chi connectivity index (χ1n) is 7.31. The number of nitrogens with zero attached hydrogens (tertiary/aromatic N) is 1. The van der Waals surface area contributed by atoms with E-state index in [1.54, 1.807) is 7.11 Å². The Hall–Kier alpha value is -1.26. The van der Waals surface area contributed by atoms with Gasteiger partial charge in [-0.15, -0.1) is 0 Å². The molecule has 2 heterocycles. The lowest BCUT2D eigenvalue weighted by Crippen LogP contribution is -2.45. The van der Waals surface area contributed by atoms with E-state index in [0.29, 0.717) is 12.1 Å². The Kier molecular flexibility index (Phi) is 3.38. The first-order valence-corrected chi connectivity index (χ1v) is 7.31. The number of nitrogens with one attached hydrogen (secondary N) is 1. The third kappa shape index (κ3) is 2.17. The molecule has 20 heavy (non-hydrogen) atoms. The van der Waals surface area contributed by atoms with E-state index in [1.807, 2.05) is 19.2 Å². The van der Waals surface area contributed by atoms with Gasteiger partial charge < -0.3 is 14.8 Å². The number of fused-ring (bicyclic) bond motifs is 1. The van der Waals surface area contributed by atoms with Gasteiger partial charge in [0.05, 0.1) is 7.11 Å². The highest BCUT2D eigenvalue weighted by molar-refractivity contribution is 5.44. The minimum Gasteiger partial charge on any atom is -0.497 e. The topological polar surface area (TPSA) is 33.7 Å². The lowest BCUT2D eigenvalue weighted by Gasteiger charge is -2.40. The molecule has 0 saturated carbocycles. The SMILES string of the molecule is CNC1CC2(CC(C)N(C)C2)Oc2ccc(OC)cc21. The van der Waals surface area contributed by atoms with Crippen molar-refractivity contribution in [2.24, 2.45) is 0 Å². The van der Waals surface area contributed by atoms with E-state index in [1.165, 1.54) is 5.56 Å². The van der Waals surface area contributed by atoms with Crippen molar-refractivity contribution in [3.05, 3.63) is 23.8 Å². The molecule has 4 nitrogen and oxygen atoms in total. The molecule has 1 spiro atoms. The molecular formula is C16H24N2O2. The van der Waals surface area contributed by atoms with Gasteiger partial charge in [-0.3, -0.25) is 4.90 Å². The lowest BCUT2D eigenvalue weighted by molar-refractivity contribution is 0.0415. The number of likely N-dealkylation sites (tertiary alicyclic amines) is 1. The fourth-order valence-electron chi connectivity index (χ4n) is 3.62. The van der Waals surface area contributed by atoms with Gasteiger partial charge in [0.25, 0.3) is 0 Å². The van der Waals surface area contributed by atoms with Gasteiger partial charge in [-0.25, -0.2) is 0 Å². The standard InChI is InChI=1S/C16H24N2O2/c1-11-8-16(10-18(11)3)9-14(17-2)13-7-12(19-4)5-6-15(13)20-16/h5-7,11,14,17H,8-10H2,1-4H3. The van der Waals surface area contributed by atoms with Crippen LogP contribution in [0.25, 0.3) is 0 Å². The third-order valence-corrected chi connectivity index (χ3v) is 4.80. The molecule has 2 aliphatic rings. The van der Waals surface area contributed by atoms with Crippen molar-refractivity contribution in [2.75, 3.05) is 27.7 Å². The largest absolute Gasteiger partial charge is 0.497 e. The molecule has 0 bridgehead atoms. The molecule has 0 amide bonds.